The Morgan fingerprint density at radius 1 is 1.31 bits per heavy atom. The highest BCUT2D eigenvalue weighted by Gasteiger charge is 2.19. The summed E-state index contributed by atoms with van der Waals surface area (Å²) in [6, 6.07) is 4.58. The van der Waals surface area contributed by atoms with Crippen LogP contribution >= 0.6 is 0 Å². The first-order chi connectivity index (χ1) is 7.70. The van der Waals surface area contributed by atoms with E-state index in [4.69, 9.17) is 10.3 Å². The quantitative estimate of drug-likeness (QED) is 0.403. The van der Waals surface area contributed by atoms with Gasteiger partial charge in [0, 0.05) is 5.39 Å². The maximum atomic E-state index is 11.7. The molecule has 16 heavy (non-hydrogen) atoms. The van der Waals surface area contributed by atoms with Gasteiger partial charge in [-0.25, -0.2) is 0 Å². The molecule has 0 unspecified atom stereocenters. The molecule has 2 aromatic carbocycles. The molecule has 0 aromatic heterocycles. The molecule has 0 amide bonds. The molecule has 2 aromatic rings. The van der Waals surface area contributed by atoms with Crippen LogP contribution in [0, 0.1) is 0 Å². The number of nitrogens with zero attached hydrogens (tertiary/aromatic N) is 2. The van der Waals surface area contributed by atoms with E-state index in [2.05, 4.69) is 11.4 Å². The minimum absolute atomic E-state index is 0.111. The Kier molecular flexibility index (Phi) is 2.23. The van der Waals surface area contributed by atoms with Crippen LogP contribution < -0.4 is 21.0 Å². The van der Waals surface area contributed by atoms with Crippen molar-refractivity contribution in [1.29, 1.82) is 0 Å². The van der Waals surface area contributed by atoms with Crippen LogP contribution in [-0.2, 0) is 0 Å². The molecular weight excluding hydrogens is 208 g/mol. The Morgan fingerprint density at radius 3 is 2.69 bits per heavy atom. The maximum absolute atomic E-state index is 11.7. The van der Waals surface area contributed by atoms with Crippen molar-refractivity contribution in [3.8, 4) is 5.75 Å². The van der Waals surface area contributed by atoms with Crippen molar-refractivity contribution in [1.82, 2.24) is 0 Å². The molecule has 0 aliphatic rings. The number of ether oxygens (including phenoxy) is 1. The minimum Gasteiger partial charge on any atom is -0.465 e. The van der Waals surface area contributed by atoms with Gasteiger partial charge in [-0.1, -0.05) is 12.6 Å². The fourth-order valence-electron chi connectivity index (χ4n) is 1.58. The Balaban J connectivity index is 3.12. The summed E-state index contributed by atoms with van der Waals surface area (Å²) in [7, 11) is 0. The largest absolute Gasteiger partial charge is 0.465 e. The lowest BCUT2D eigenvalue weighted by Gasteiger charge is -1.98. The van der Waals surface area contributed by atoms with Gasteiger partial charge in [0.15, 0.2) is 0 Å². The van der Waals surface area contributed by atoms with Crippen LogP contribution in [0.4, 0.5) is 0 Å². The van der Waals surface area contributed by atoms with E-state index in [-0.39, 0.29) is 16.5 Å². The average Bonchev–Trinajstić information content (AvgIpc) is 2.53. The van der Waals surface area contributed by atoms with Crippen molar-refractivity contribution in [2.75, 3.05) is 0 Å². The van der Waals surface area contributed by atoms with Gasteiger partial charge in [0.05, 0.1) is 11.6 Å². The van der Waals surface area contributed by atoms with E-state index in [0.29, 0.717) is 0 Å². The van der Waals surface area contributed by atoms with Gasteiger partial charge in [-0.15, -0.1) is 0 Å². The Hall–Kier alpha value is -2.52. The van der Waals surface area contributed by atoms with Crippen LogP contribution in [0.15, 0.2) is 40.6 Å². The molecule has 0 aliphatic carbocycles. The molecule has 0 bridgehead atoms. The van der Waals surface area contributed by atoms with Gasteiger partial charge in [0.1, 0.15) is 5.75 Å². The van der Waals surface area contributed by atoms with E-state index < -0.39 is 16.2 Å². The lowest BCUT2D eigenvalue weighted by atomic mass is 10.2. The Bertz CT molecular complexity index is 748. The van der Waals surface area contributed by atoms with E-state index in [1.165, 1.54) is 12.1 Å². The summed E-state index contributed by atoms with van der Waals surface area (Å²) in [6.45, 7) is 3.37. The van der Waals surface area contributed by atoms with Gasteiger partial charge in [0.25, 0.3) is 10.9 Å². The number of fused-ring (bicyclic) bond motifs is 1. The monoisotopic (exact) mass is 214 g/mol. The van der Waals surface area contributed by atoms with Crippen LogP contribution in [0.2, 0.25) is 0 Å². The number of benzene rings is 1. The number of hydrogen-bond acceptors (Lipinski definition) is 3. The first kappa shape index (κ1) is 10.0. The molecule has 0 spiro atoms. The van der Waals surface area contributed by atoms with Crippen molar-refractivity contribution < 1.29 is 9.53 Å². The van der Waals surface area contributed by atoms with Gasteiger partial charge in [0.2, 0.25) is 0 Å². The third kappa shape index (κ3) is 1.20. The predicted octanol–water partition coefficient (Wildman–Crippen LogP) is 0.0886. The van der Waals surface area contributed by atoms with E-state index in [0.717, 1.165) is 6.26 Å². The molecule has 0 N–H and O–H groups in total. The summed E-state index contributed by atoms with van der Waals surface area (Å²) in [5.74, 6) is 0.226. The first-order valence-corrected chi connectivity index (χ1v) is 4.42. The predicted molar refractivity (Wildman–Crippen MR) is 56.4 cm³/mol. The standard InChI is InChI=1S/C11H6N2O3/c1-2-16-7-5-3-4-6-8(7)11(15)9(13-12)10(6)14/h2-5H,1H2. The zero-order chi connectivity index (χ0) is 11.7. The highest BCUT2D eigenvalue weighted by molar-refractivity contribution is 5.89. The second kappa shape index (κ2) is 3.56. The molecule has 0 saturated heterocycles. The van der Waals surface area contributed by atoms with Crippen LogP contribution in [0.5, 0.6) is 5.75 Å². The third-order valence-electron chi connectivity index (χ3n) is 2.24. The van der Waals surface area contributed by atoms with Crippen molar-refractivity contribution in [2.45, 2.75) is 0 Å². The lowest BCUT2D eigenvalue weighted by molar-refractivity contribution is -0.0674. The van der Waals surface area contributed by atoms with Gasteiger partial charge in [-0.05, 0) is 12.1 Å². The third-order valence-corrected chi connectivity index (χ3v) is 2.24. The van der Waals surface area contributed by atoms with Crippen LogP contribution in [0.1, 0.15) is 0 Å². The average molecular weight is 214 g/mol. The Labute approximate surface area is 89.2 Å². The van der Waals surface area contributed by atoms with Crippen molar-refractivity contribution >= 4 is 10.8 Å². The summed E-state index contributed by atoms with van der Waals surface area (Å²) in [4.78, 5) is 26.0. The zero-order valence-electron chi connectivity index (χ0n) is 8.14. The molecule has 2 rings (SSSR count). The normalized spacial score (nSPS) is 10.0. The molecule has 0 radical (unpaired) electrons. The fourth-order valence-corrected chi connectivity index (χ4v) is 1.58. The van der Waals surface area contributed by atoms with Crippen molar-refractivity contribution in [3.05, 3.63) is 62.4 Å². The van der Waals surface area contributed by atoms with Crippen LogP contribution in [0.3, 0.4) is 0 Å². The summed E-state index contributed by atoms with van der Waals surface area (Å²) in [5.41, 5.74) is 7.35. The smallest absolute Gasteiger partial charge is 0.410 e. The van der Waals surface area contributed by atoms with Gasteiger partial charge < -0.3 is 10.3 Å². The number of rotatable bonds is 2. The molecule has 0 saturated carbocycles. The first-order valence-electron chi connectivity index (χ1n) is 4.42. The molecule has 0 fully saturated rings. The van der Waals surface area contributed by atoms with Crippen molar-refractivity contribution in [3.63, 3.8) is 0 Å². The van der Waals surface area contributed by atoms with E-state index in [1.807, 2.05) is 0 Å². The summed E-state index contributed by atoms with van der Waals surface area (Å²) in [5, 5.41) is -0.201. The summed E-state index contributed by atoms with van der Waals surface area (Å²) >= 11 is 0. The molecule has 5 heteroatoms. The van der Waals surface area contributed by atoms with Crippen molar-refractivity contribution in [2.24, 2.45) is 0 Å². The van der Waals surface area contributed by atoms with Crippen LogP contribution in [-0.4, -0.2) is 4.79 Å². The van der Waals surface area contributed by atoms with E-state index >= 15 is 0 Å². The molecular formula is C11H6N2O3. The van der Waals surface area contributed by atoms with Gasteiger partial charge >= 0.3 is 5.36 Å². The molecule has 0 atom stereocenters. The highest BCUT2D eigenvalue weighted by atomic mass is 16.5. The molecule has 78 valence electrons. The minimum atomic E-state index is -0.639. The number of hydrogen-bond donors (Lipinski definition) is 0. The summed E-state index contributed by atoms with van der Waals surface area (Å²) in [6.07, 6.45) is 1.15. The Morgan fingerprint density at radius 2 is 2.06 bits per heavy atom. The SMILES string of the molecule is C=COc1cccc2c(=O)c(=[N+]=[N-])c(=O)c12. The zero-order valence-corrected chi connectivity index (χ0v) is 8.14. The summed E-state index contributed by atoms with van der Waals surface area (Å²) < 4.78 is 5.01. The van der Waals surface area contributed by atoms with E-state index in [9.17, 15) is 9.59 Å². The second-order valence-electron chi connectivity index (χ2n) is 3.07. The highest BCUT2D eigenvalue weighted by Crippen LogP contribution is 2.19. The molecule has 0 aliphatic heterocycles. The second-order valence-corrected chi connectivity index (χ2v) is 3.07. The maximum Gasteiger partial charge on any atom is 0.410 e. The fraction of sp³-hybridized carbons (Fsp3) is 0. The molecule has 0 heterocycles. The van der Waals surface area contributed by atoms with E-state index in [1.54, 1.807) is 6.07 Å². The van der Waals surface area contributed by atoms with Gasteiger partial charge in [-0.2, -0.15) is 4.79 Å². The topological polar surface area (TPSA) is 79.8 Å². The van der Waals surface area contributed by atoms with Gasteiger partial charge in [-0.3, -0.25) is 9.59 Å². The van der Waals surface area contributed by atoms with Crippen LogP contribution in [0.25, 0.3) is 16.3 Å². The lowest BCUT2D eigenvalue weighted by Crippen LogP contribution is -2.32. The molecule has 5 nitrogen and oxygen atoms in total.